The predicted octanol–water partition coefficient (Wildman–Crippen LogP) is 1.46. The summed E-state index contributed by atoms with van der Waals surface area (Å²) in [4.78, 5) is 0. The Morgan fingerprint density at radius 1 is 1.54 bits per heavy atom. The highest BCUT2D eigenvalue weighted by molar-refractivity contribution is 4.95. The van der Waals surface area contributed by atoms with Gasteiger partial charge in [-0.05, 0) is 12.3 Å². The summed E-state index contributed by atoms with van der Waals surface area (Å²) in [6, 6.07) is -0.0000463. The first-order valence-electron chi connectivity index (χ1n) is 4.67. The SMILES string of the molecule is C=CC(NN)C(OCC)C(C)(C)C. The molecule has 0 radical (unpaired) electrons. The maximum atomic E-state index is 5.64. The van der Waals surface area contributed by atoms with Crippen molar-refractivity contribution in [2.75, 3.05) is 6.61 Å². The molecule has 0 aromatic rings. The minimum atomic E-state index is -0.0000463. The summed E-state index contributed by atoms with van der Waals surface area (Å²) in [6.07, 6.45) is 1.84. The Hall–Kier alpha value is -0.380. The van der Waals surface area contributed by atoms with Crippen molar-refractivity contribution in [3.8, 4) is 0 Å². The van der Waals surface area contributed by atoms with Gasteiger partial charge < -0.3 is 4.74 Å². The maximum absolute atomic E-state index is 5.64. The van der Waals surface area contributed by atoms with Gasteiger partial charge >= 0.3 is 0 Å². The zero-order chi connectivity index (χ0) is 10.5. The van der Waals surface area contributed by atoms with Crippen LogP contribution in [0.15, 0.2) is 12.7 Å². The van der Waals surface area contributed by atoms with Crippen LogP contribution in [0.1, 0.15) is 27.7 Å². The van der Waals surface area contributed by atoms with Crippen LogP contribution in [0.4, 0.5) is 0 Å². The molecule has 3 heteroatoms. The van der Waals surface area contributed by atoms with Crippen molar-refractivity contribution in [2.45, 2.75) is 39.8 Å². The Morgan fingerprint density at radius 2 is 2.08 bits per heavy atom. The van der Waals surface area contributed by atoms with Crippen LogP contribution in [-0.4, -0.2) is 18.8 Å². The summed E-state index contributed by atoms with van der Waals surface area (Å²) in [5.41, 5.74) is 2.76. The molecule has 0 aliphatic heterocycles. The minimum Gasteiger partial charge on any atom is -0.376 e. The van der Waals surface area contributed by atoms with Crippen molar-refractivity contribution in [3.63, 3.8) is 0 Å². The Balaban J connectivity index is 4.47. The third-order valence-electron chi connectivity index (χ3n) is 1.97. The van der Waals surface area contributed by atoms with Crippen molar-refractivity contribution in [1.82, 2.24) is 5.43 Å². The Labute approximate surface area is 81.3 Å². The quantitative estimate of drug-likeness (QED) is 0.388. The Bertz CT molecular complexity index is 151. The van der Waals surface area contributed by atoms with Gasteiger partial charge in [0.05, 0.1) is 12.1 Å². The lowest BCUT2D eigenvalue weighted by Gasteiger charge is -2.34. The van der Waals surface area contributed by atoms with Gasteiger partial charge in [-0.2, -0.15) is 0 Å². The fraction of sp³-hybridized carbons (Fsp3) is 0.800. The Kier molecular flexibility index (Phi) is 5.21. The molecule has 0 rings (SSSR count). The summed E-state index contributed by atoms with van der Waals surface area (Å²) >= 11 is 0. The minimum absolute atomic E-state index is 0.0000463. The highest BCUT2D eigenvalue weighted by atomic mass is 16.5. The summed E-state index contributed by atoms with van der Waals surface area (Å²) in [6.45, 7) is 12.8. The van der Waals surface area contributed by atoms with E-state index in [1.807, 2.05) is 6.92 Å². The molecule has 0 saturated heterocycles. The van der Waals surface area contributed by atoms with E-state index in [4.69, 9.17) is 10.6 Å². The molecule has 2 atom stereocenters. The molecule has 0 aromatic heterocycles. The predicted molar refractivity (Wildman–Crippen MR) is 56.2 cm³/mol. The lowest BCUT2D eigenvalue weighted by atomic mass is 9.84. The molecule has 0 amide bonds. The molecule has 78 valence electrons. The largest absolute Gasteiger partial charge is 0.376 e. The van der Waals surface area contributed by atoms with E-state index in [9.17, 15) is 0 Å². The van der Waals surface area contributed by atoms with Gasteiger partial charge in [0.2, 0.25) is 0 Å². The highest BCUT2D eigenvalue weighted by Gasteiger charge is 2.30. The van der Waals surface area contributed by atoms with E-state index in [1.165, 1.54) is 0 Å². The molecule has 2 unspecified atom stereocenters. The zero-order valence-electron chi connectivity index (χ0n) is 9.13. The van der Waals surface area contributed by atoms with Crippen molar-refractivity contribution in [1.29, 1.82) is 0 Å². The van der Waals surface area contributed by atoms with Crippen LogP contribution < -0.4 is 11.3 Å². The summed E-state index contributed by atoms with van der Waals surface area (Å²) < 4.78 is 5.64. The number of rotatable bonds is 5. The fourth-order valence-corrected chi connectivity index (χ4v) is 1.35. The van der Waals surface area contributed by atoms with Crippen molar-refractivity contribution >= 4 is 0 Å². The zero-order valence-corrected chi connectivity index (χ0v) is 9.13. The van der Waals surface area contributed by atoms with Crippen LogP contribution in [0.25, 0.3) is 0 Å². The van der Waals surface area contributed by atoms with Gasteiger partial charge in [-0.15, -0.1) is 6.58 Å². The number of hydrazine groups is 1. The van der Waals surface area contributed by atoms with E-state index >= 15 is 0 Å². The smallest absolute Gasteiger partial charge is 0.0824 e. The fourth-order valence-electron chi connectivity index (χ4n) is 1.35. The second-order valence-corrected chi connectivity index (χ2v) is 4.17. The Morgan fingerprint density at radius 3 is 2.31 bits per heavy atom. The maximum Gasteiger partial charge on any atom is 0.0824 e. The molecule has 3 nitrogen and oxygen atoms in total. The van der Waals surface area contributed by atoms with Gasteiger partial charge in [0.15, 0.2) is 0 Å². The topological polar surface area (TPSA) is 47.3 Å². The van der Waals surface area contributed by atoms with E-state index in [-0.39, 0.29) is 17.6 Å². The normalized spacial score (nSPS) is 16.7. The van der Waals surface area contributed by atoms with Crippen molar-refractivity contribution in [3.05, 3.63) is 12.7 Å². The second kappa shape index (κ2) is 5.37. The van der Waals surface area contributed by atoms with Gasteiger partial charge in [-0.25, -0.2) is 0 Å². The van der Waals surface area contributed by atoms with Crippen LogP contribution in [0.3, 0.4) is 0 Å². The van der Waals surface area contributed by atoms with E-state index < -0.39 is 0 Å². The molecule has 0 heterocycles. The second-order valence-electron chi connectivity index (χ2n) is 4.17. The molecule has 0 spiro atoms. The van der Waals surface area contributed by atoms with E-state index in [0.717, 1.165) is 0 Å². The third-order valence-corrected chi connectivity index (χ3v) is 1.97. The number of nitrogens with one attached hydrogen (secondary N) is 1. The average molecular weight is 186 g/mol. The molecule has 0 aliphatic rings. The molecule has 0 aromatic carbocycles. The molecule has 0 bridgehead atoms. The van der Waals surface area contributed by atoms with Gasteiger partial charge in [0.1, 0.15) is 0 Å². The van der Waals surface area contributed by atoms with E-state index in [1.54, 1.807) is 6.08 Å². The molecule has 3 N–H and O–H groups in total. The molecule has 0 saturated carbocycles. The molecule has 0 aliphatic carbocycles. The van der Waals surface area contributed by atoms with E-state index in [0.29, 0.717) is 6.61 Å². The number of hydrogen-bond donors (Lipinski definition) is 2. The number of nitrogens with two attached hydrogens (primary N) is 1. The van der Waals surface area contributed by atoms with Crippen LogP contribution in [0.2, 0.25) is 0 Å². The highest BCUT2D eigenvalue weighted by Crippen LogP contribution is 2.25. The summed E-state index contributed by atoms with van der Waals surface area (Å²) in [5.74, 6) is 5.41. The van der Waals surface area contributed by atoms with Crippen molar-refractivity contribution in [2.24, 2.45) is 11.3 Å². The molecule has 13 heavy (non-hydrogen) atoms. The number of ether oxygens (including phenoxy) is 1. The van der Waals surface area contributed by atoms with Crippen molar-refractivity contribution < 1.29 is 4.74 Å². The molecular weight excluding hydrogens is 164 g/mol. The van der Waals surface area contributed by atoms with Crippen LogP contribution in [-0.2, 0) is 4.74 Å². The standard InChI is InChI=1S/C10H22N2O/c1-6-8(12-11)9(13-7-2)10(3,4)5/h6,8-9,12H,1,7,11H2,2-5H3. The first kappa shape index (κ1) is 12.6. The lowest BCUT2D eigenvalue weighted by molar-refractivity contribution is -0.0255. The van der Waals surface area contributed by atoms with E-state index in [2.05, 4.69) is 32.8 Å². The van der Waals surface area contributed by atoms with Gasteiger partial charge in [-0.3, -0.25) is 11.3 Å². The summed E-state index contributed by atoms with van der Waals surface area (Å²) in [5, 5.41) is 0. The van der Waals surface area contributed by atoms with Crippen LogP contribution >= 0.6 is 0 Å². The van der Waals surface area contributed by atoms with Gasteiger partial charge in [-0.1, -0.05) is 26.8 Å². The molecular formula is C10H22N2O. The average Bonchev–Trinajstić information content (AvgIpc) is 2.03. The van der Waals surface area contributed by atoms with Crippen LogP contribution in [0, 0.1) is 5.41 Å². The van der Waals surface area contributed by atoms with Gasteiger partial charge in [0.25, 0.3) is 0 Å². The molecule has 0 fully saturated rings. The first-order valence-corrected chi connectivity index (χ1v) is 4.67. The van der Waals surface area contributed by atoms with Crippen LogP contribution in [0.5, 0.6) is 0 Å². The summed E-state index contributed by atoms with van der Waals surface area (Å²) in [7, 11) is 0. The first-order chi connectivity index (χ1) is 5.97. The lowest BCUT2D eigenvalue weighted by Crippen LogP contribution is -2.49. The third kappa shape index (κ3) is 3.89. The van der Waals surface area contributed by atoms with Gasteiger partial charge in [0, 0.05) is 6.61 Å². The number of hydrogen-bond acceptors (Lipinski definition) is 3. The monoisotopic (exact) mass is 186 g/mol.